The van der Waals surface area contributed by atoms with Crippen molar-refractivity contribution in [3.8, 4) is 11.5 Å². The number of carbonyl (C=O) groups is 2. The lowest BCUT2D eigenvalue weighted by Gasteiger charge is -2.25. The zero-order chi connectivity index (χ0) is 23.7. The number of ether oxygens (including phenoxy) is 2. The molecule has 2 heterocycles. The highest BCUT2D eigenvalue weighted by Gasteiger charge is 2.47. The molecule has 1 amide bonds. The van der Waals surface area contributed by atoms with Gasteiger partial charge in [0.1, 0.15) is 11.5 Å². The summed E-state index contributed by atoms with van der Waals surface area (Å²) in [5.74, 6) is -1.31. The molecule has 1 saturated heterocycles. The predicted octanol–water partition coefficient (Wildman–Crippen LogP) is 5.03. The van der Waals surface area contributed by atoms with Crippen molar-refractivity contribution >= 4 is 46.3 Å². The monoisotopic (exact) mass is 484 g/mol. The Labute approximate surface area is 199 Å². The Bertz CT molecular complexity index is 1250. The normalized spacial score (nSPS) is 17.3. The molecule has 1 aliphatic heterocycles. The number of rotatable bonds is 5. The number of hydrogen-bond acceptors (Lipinski definition) is 6. The second kappa shape index (κ2) is 9.13. The number of aromatic nitrogens is 1. The van der Waals surface area contributed by atoms with E-state index in [4.69, 9.17) is 32.7 Å². The van der Waals surface area contributed by atoms with Gasteiger partial charge in [0.25, 0.3) is 11.7 Å². The molecule has 1 aliphatic rings. The number of carbonyl (C=O) groups excluding carboxylic acids is 2. The fraction of sp³-hybridized carbons (Fsp3) is 0.125. The molecule has 0 bridgehead atoms. The molecule has 0 spiro atoms. The molecule has 3 aromatic rings. The van der Waals surface area contributed by atoms with Gasteiger partial charge in [-0.15, -0.1) is 0 Å². The van der Waals surface area contributed by atoms with E-state index in [9.17, 15) is 14.7 Å². The number of amides is 1. The molecule has 1 atom stereocenters. The van der Waals surface area contributed by atoms with Crippen molar-refractivity contribution in [1.29, 1.82) is 0 Å². The third-order valence-electron chi connectivity index (χ3n) is 5.27. The van der Waals surface area contributed by atoms with Crippen LogP contribution in [0.25, 0.3) is 5.76 Å². The Hall–Kier alpha value is -3.55. The van der Waals surface area contributed by atoms with E-state index in [0.29, 0.717) is 17.0 Å². The van der Waals surface area contributed by atoms with Crippen molar-refractivity contribution in [2.45, 2.75) is 6.04 Å². The summed E-state index contributed by atoms with van der Waals surface area (Å²) in [6.45, 7) is 0. The highest BCUT2D eigenvalue weighted by molar-refractivity contribution is 6.51. The lowest BCUT2D eigenvalue weighted by Crippen LogP contribution is -2.29. The number of nitrogens with zero attached hydrogens (tertiary/aromatic N) is 2. The molecular weight excluding hydrogens is 467 g/mol. The Balaban J connectivity index is 1.95. The standard InChI is InChI=1S/C24H18Cl2N2O5/c1-32-16-5-3-4-15(12-16)28-20(13-6-8-27-9-7-13)19(22(30)24(28)31)21(29)14-10-17(25)23(33-2)18(26)11-14/h3-12,20,29H,1-2H3/b21-19+. The van der Waals surface area contributed by atoms with E-state index in [1.165, 1.54) is 31.3 Å². The molecule has 1 unspecified atom stereocenters. The highest BCUT2D eigenvalue weighted by Crippen LogP contribution is 2.44. The minimum absolute atomic E-state index is 0.105. The lowest BCUT2D eigenvalue weighted by atomic mass is 9.95. The molecule has 0 saturated carbocycles. The van der Waals surface area contributed by atoms with Gasteiger partial charge in [0.15, 0.2) is 5.75 Å². The van der Waals surface area contributed by atoms with Gasteiger partial charge in [0, 0.05) is 29.7 Å². The first kappa shape index (κ1) is 22.6. The zero-order valence-electron chi connectivity index (χ0n) is 17.6. The van der Waals surface area contributed by atoms with Crippen molar-refractivity contribution in [2.75, 3.05) is 19.1 Å². The van der Waals surface area contributed by atoms with Gasteiger partial charge in [-0.2, -0.15) is 0 Å². The number of benzene rings is 2. The first-order valence-corrected chi connectivity index (χ1v) is 10.5. The number of pyridine rings is 1. The minimum atomic E-state index is -0.917. The van der Waals surface area contributed by atoms with Gasteiger partial charge in [-0.3, -0.25) is 19.5 Å². The fourth-order valence-electron chi connectivity index (χ4n) is 3.77. The summed E-state index contributed by atoms with van der Waals surface area (Å²) in [4.78, 5) is 31.7. The van der Waals surface area contributed by atoms with Crippen molar-refractivity contribution in [3.05, 3.63) is 87.7 Å². The van der Waals surface area contributed by atoms with Gasteiger partial charge in [0.2, 0.25) is 0 Å². The second-order valence-corrected chi connectivity index (χ2v) is 7.94. The van der Waals surface area contributed by atoms with Crippen LogP contribution in [-0.4, -0.2) is 36.0 Å². The Morgan fingerprint density at radius 2 is 1.67 bits per heavy atom. The van der Waals surface area contributed by atoms with Crippen LogP contribution in [0.1, 0.15) is 17.2 Å². The molecule has 1 fully saturated rings. The van der Waals surface area contributed by atoms with Crippen LogP contribution in [0.5, 0.6) is 11.5 Å². The average molecular weight is 485 g/mol. The maximum Gasteiger partial charge on any atom is 0.300 e. The highest BCUT2D eigenvalue weighted by atomic mass is 35.5. The van der Waals surface area contributed by atoms with E-state index in [1.807, 2.05) is 0 Å². The van der Waals surface area contributed by atoms with Crippen LogP contribution < -0.4 is 14.4 Å². The van der Waals surface area contributed by atoms with Crippen LogP contribution >= 0.6 is 23.2 Å². The van der Waals surface area contributed by atoms with Crippen LogP contribution in [0.3, 0.4) is 0 Å². The largest absolute Gasteiger partial charge is 0.507 e. The maximum absolute atomic E-state index is 13.2. The number of anilines is 1. The quantitative estimate of drug-likeness (QED) is 0.310. The van der Waals surface area contributed by atoms with Gasteiger partial charge in [-0.25, -0.2) is 0 Å². The second-order valence-electron chi connectivity index (χ2n) is 7.12. The third-order valence-corrected chi connectivity index (χ3v) is 5.84. The first-order chi connectivity index (χ1) is 15.9. The summed E-state index contributed by atoms with van der Waals surface area (Å²) < 4.78 is 10.4. The molecule has 0 radical (unpaired) electrons. The van der Waals surface area contributed by atoms with E-state index in [0.717, 1.165) is 0 Å². The van der Waals surface area contributed by atoms with Gasteiger partial charge in [0.05, 0.1) is 35.9 Å². The topological polar surface area (TPSA) is 89.0 Å². The number of methoxy groups -OCH3 is 2. The molecule has 4 rings (SSSR count). The summed E-state index contributed by atoms with van der Waals surface area (Å²) in [6, 6.07) is 12.0. The molecular formula is C24H18Cl2N2O5. The molecule has 0 aliphatic carbocycles. The summed E-state index contributed by atoms with van der Waals surface area (Å²) in [6.07, 6.45) is 3.09. The van der Waals surface area contributed by atoms with Crippen molar-refractivity contribution in [1.82, 2.24) is 4.98 Å². The number of hydrogen-bond donors (Lipinski definition) is 1. The van der Waals surface area contributed by atoms with Crippen molar-refractivity contribution in [3.63, 3.8) is 0 Å². The number of aliphatic hydroxyl groups is 1. The number of aliphatic hydroxyl groups excluding tert-OH is 1. The minimum Gasteiger partial charge on any atom is -0.507 e. The molecule has 1 aromatic heterocycles. The van der Waals surface area contributed by atoms with E-state index in [1.54, 1.807) is 48.8 Å². The first-order valence-electron chi connectivity index (χ1n) is 9.75. The molecule has 2 aromatic carbocycles. The van der Waals surface area contributed by atoms with Crippen LogP contribution in [0, 0.1) is 0 Å². The summed E-state index contributed by atoms with van der Waals surface area (Å²) in [5, 5.41) is 11.5. The van der Waals surface area contributed by atoms with Crippen LogP contribution in [0.15, 0.2) is 66.5 Å². The van der Waals surface area contributed by atoms with Gasteiger partial charge in [-0.05, 0) is 42.0 Å². The van der Waals surface area contributed by atoms with E-state index in [-0.39, 0.29) is 26.9 Å². The molecule has 33 heavy (non-hydrogen) atoms. The molecule has 168 valence electrons. The Kier molecular flexibility index (Phi) is 6.26. The zero-order valence-corrected chi connectivity index (χ0v) is 19.1. The fourth-order valence-corrected chi connectivity index (χ4v) is 4.41. The number of Topliss-reactive ketones (excluding diaryl/α,β-unsaturated/α-hetero) is 1. The van der Waals surface area contributed by atoms with Crippen LogP contribution in [0.2, 0.25) is 10.0 Å². The van der Waals surface area contributed by atoms with Crippen molar-refractivity contribution < 1.29 is 24.2 Å². The van der Waals surface area contributed by atoms with Crippen LogP contribution in [-0.2, 0) is 9.59 Å². The van der Waals surface area contributed by atoms with Gasteiger partial charge >= 0.3 is 0 Å². The third kappa shape index (κ3) is 4.01. The van der Waals surface area contributed by atoms with E-state index >= 15 is 0 Å². The Morgan fingerprint density at radius 3 is 2.27 bits per heavy atom. The van der Waals surface area contributed by atoms with Gasteiger partial charge in [-0.1, -0.05) is 29.3 Å². The average Bonchev–Trinajstić information content (AvgIpc) is 3.09. The van der Waals surface area contributed by atoms with Crippen LogP contribution in [0.4, 0.5) is 5.69 Å². The Morgan fingerprint density at radius 1 is 1.00 bits per heavy atom. The van der Waals surface area contributed by atoms with E-state index in [2.05, 4.69) is 4.98 Å². The summed E-state index contributed by atoms with van der Waals surface area (Å²) >= 11 is 12.5. The SMILES string of the molecule is COc1cccc(N2C(=O)C(=O)/C(=C(/O)c3cc(Cl)c(OC)c(Cl)c3)C2c2ccncc2)c1. The predicted molar refractivity (Wildman–Crippen MR) is 125 cm³/mol. The van der Waals surface area contributed by atoms with E-state index < -0.39 is 23.5 Å². The summed E-state index contributed by atoms with van der Waals surface area (Å²) in [7, 11) is 2.92. The maximum atomic E-state index is 13.2. The lowest BCUT2D eigenvalue weighted by molar-refractivity contribution is -0.132. The van der Waals surface area contributed by atoms with Crippen molar-refractivity contribution in [2.24, 2.45) is 0 Å². The number of ketones is 1. The molecule has 9 heteroatoms. The van der Waals surface area contributed by atoms with Gasteiger partial charge < -0.3 is 14.6 Å². The smallest absolute Gasteiger partial charge is 0.300 e. The molecule has 1 N–H and O–H groups in total. The number of halogens is 2. The molecule has 7 nitrogen and oxygen atoms in total. The summed E-state index contributed by atoms with van der Waals surface area (Å²) in [5.41, 5.74) is 1.09.